The summed E-state index contributed by atoms with van der Waals surface area (Å²) < 4.78 is 5.74. The van der Waals surface area contributed by atoms with Gasteiger partial charge < -0.3 is 19.9 Å². The Morgan fingerprint density at radius 1 is 1.10 bits per heavy atom. The highest BCUT2D eigenvalue weighted by atomic mass is 16.5. The number of hydrogen-bond acceptors (Lipinski definition) is 4. The molecule has 1 aromatic rings. The molecule has 6 nitrogen and oxygen atoms in total. The molecule has 2 amide bonds. The van der Waals surface area contributed by atoms with Gasteiger partial charge in [-0.1, -0.05) is 13.3 Å². The number of amides is 2. The molecule has 0 unspecified atom stereocenters. The Morgan fingerprint density at radius 2 is 1.83 bits per heavy atom. The quantitative estimate of drug-likeness (QED) is 0.608. The summed E-state index contributed by atoms with van der Waals surface area (Å²) in [5.74, 6) is 0.880. The van der Waals surface area contributed by atoms with E-state index in [1.807, 2.05) is 29.2 Å². The van der Waals surface area contributed by atoms with Crippen LogP contribution in [0.1, 0.15) is 45.4 Å². The van der Waals surface area contributed by atoms with Crippen molar-refractivity contribution >= 4 is 11.7 Å². The summed E-state index contributed by atoms with van der Waals surface area (Å²) in [6.45, 7) is 6.62. The van der Waals surface area contributed by atoms with E-state index >= 15 is 0 Å². The lowest BCUT2D eigenvalue weighted by Gasteiger charge is -2.35. The molecule has 1 saturated carbocycles. The number of nitrogens with one attached hydrogen (secondary N) is 1. The second-order valence-corrected chi connectivity index (χ2v) is 8.59. The van der Waals surface area contributed by atoms with Gasteiger partial charge in [-0.05, 0) is 70.5 Å². The molecule has 1 heterocycles. The van der Waals surface area contributed by atoms with E-state index in [1.54, 1.807) is 0 Å². The molecule has 0 radical (unpaired) electrons. The Bertz CT molecular complexity index is 626. The summed E-state index contributed by atoms with van der Waals surface area (Å²) in [5, 5.41) is 3.67. The Labute approximate surface area is 176 Å². The number of carbonyl (C=O) groups excluding carboxylic acids is 1. The molecule has 6 heteroatoms. The first kappa shape index (κ1) is 21.9. The molecule has 3 rings (SSSR count). The maximum atomic E-state index is 13.0. The van der Waals surface area contributed by atoms with Crippen molar-refractivity contribution < 1.29 is 9.53 Å². The van der Waals surface area contributed by atoms with E-state index in [2.05, 4.69) is 36.1 Å². The van der Waals surface area contributed by atoms with Crippen LogP contribution in [0.4, 0.5) is 10.5 Å². The van der Waals surface area contributed by atoms with Gasteiger partial charge >= 0.3 is 6.03 Å². The number of carbonyl (C=O) groups is 1. The molecule has 1 aromatic carbocycles. The highest BCUT2D eigenvalue weighted by molar-refractivity contribution is 5.94. The van der Waals surface area contributed by atoms with Gasteiger partial charge in [0.05, 0.1) is 6.61 Å². The largest absolute Gasteiger partial charge is 0.494 e. The van der Waals surface area contributed by atoms with E-state index in [-0.39, 0.29) is 6.03 Å². The third-order valence-corrected chi connectivity index (χ3v) is 6.09. The van der Waals surface area contributed by atoms with Crippen molar-refractivity contribution in [1.82, 2.24) is 15.1 Å². The Morgan fingerprint density at radius 3 is 2.48 bits per heavy atom. The Hall–Kier alpha value is -1.79. The smallest absolute Gasteiger partial charge is 0.324 e. The number of benzene rings is 1. The van der Waals surface area contributed by atoms with Gasteiger partial charge in [0.1, 0.15) is 5.75 Å². The van der Waals surface area contributed by atoms with Crippen LogP contribution < -0.4 is 15.0 Å². The van der Waals surface area contributed by atoms with Gasteiger partial charge in [-0.25, -0.2) is 4.79 Å². The molecule has 2 fully saturated rings. The zero-order valence-corrected chi connectivity index (χ0v) is 18.4. The van der Waals surface area contributed by atoms with Crippen molar-refractivity contribution in [2.24, 2.45) is 0 Å². The molecule has 0 spiro atoms. The second-order valence-electron chi connectivity index (χ2n) is 8.59. The zero-order valence-electron chi connectivity index (χ0n) is 18.4. The van der Waals surface area contributed by atoms with Gasteiger partial charge in [0.15, 0.2) is 0 Å². The fourth-order valence-electron chi connectivity index (χ4n) is 4.27. The zero-order chi connectivity index (χ0) is 20.6. The van der Waals surface area contributed by atoms with Crippen LogP contribution in [-0.4, -0.2) is 74.8 Å². The van der Waals surface area contributed by atoms with Gasteiger partial charge in [0, 0.05) is 44.0 Å². The van der Waals surface area contributed by atoms with Gasteiger partial charge in [-0.15, -0.1) is 0 Å². The second kappa shape index (κ2) is 10.8. The average molecular weight is 403 g/mol. The summed E-state index contributed by atoms with van der Waals surface area (Å²) >= 11 is 0. The molecule has 162 valence electrons. The molecule has 1 aliphatic carbocycles. The lowest BCUT2D eigenvalue weighted by atomic mass is 9.90. The number of anilines is 1. The third kappa shape index (κ3) is 6.09. The van der Waals surface area contributed by atoms with E-state index in [1.165, 1.54) is 0 Å². The van der Waals surface area contributed by atoms with E-state index in [0.29, 0.717) is 12.1 Å². The number of unbranched alkanes of at least 4 members (excludes halogenated alkanes) is 1. The van der Waals surface area contributed by atoms with Gasteiger partial charge in [-0.3, -0.25) is 4.90 Å². The number of hydrogen-bond donors (Lipinski definition) is 1. The summed E-state index contributed by atoms with van der Waals surface area (Å²) in [6, 6.07) is 9.12. The van der Waals surface area contributed by atoms with Crippen LogP contribution in [-0.2, 0) is 0 Å². The molecule has 0 atom stereocenters. The predicted octanol–water partition coefficient (Wildman–Crippen LogP) is 3.57. The average Bonchev–Trinajstić information content (AvgIpc) is 3.10. The molecular formula is C23H38N4O2. The van der Waals surface area contributed by atoms with Crippen molar-refractivity contribution in [3.8, 4) is 5.75 Å². The molecule has 1 saturated heterocycles. The fraction of sp³-hybridized carbons (Fsp3) is 0.696. The van der Waals surface area contributed by atoms with Crippen molar-refractivity contribution in [2.45, 2.75) is 57.5 Å². The van der Waals surface area contributed by atoms with Gasteiger partial charge in [0.2, 0.25) is 0 Å². The van der Waals surface area contributed by atoms with Crippen LogP contribution in [0.2, 0.25) is 0 Å². The van der Waals surface area contributed by atoms with E-state index < -0.39 is 0 Å². The Balaban J connectivity index is 1.46. The minimum Gasteiger partial charge on any atom is -0.494 e. The molecule has 1 aliphatic heterocycles. The molecule has 2 aliphatic rings. The number of likely N-dealkylation sites (N-methyl/N-ethyl adjacent to an activating group) is 1. The van der Waals surface area contributed by atoms with Crippen LogP contribution in [0.5, 0.6) is 5.75 Å². The summed E-state index contributed by atoms with van der Waals surface area (Å²) in [4.78, 5) is 19.3. The molecular weight excluding hydrogens is 364 g/mol. The van der Waals surface area contributed by atoms with Crippen molar-refractivity contribution in [2.75, 3.05) is 51.8 Å². The first-order valence-corrected chi connectivity index (χ1v) is 11.3. The number of ether oxygens (including phenoxy) is 1. The highest BCUT2D eigenvalue weighted by Gasteiger charge is 2.36. The standard InChI is InChI=1S/C23H38N4O2/c1-4-5-18-29-22-12-10-21(11-13-22)27-17-16-26(23(27)28)20-8-6-19(7-9-20)24-14-15-25(2)3/h10-13,19-20,24H,4-9,14-18H2,1-3H3. The van der Waals surface area contributed by atoms with E-state index in [4.69, 9.17) is 4.74 Å². The van der Waals surface area contributed by atoms with Crippen LogP contribution >= 0.6 is 0 Å². The first-order chi connectivity index (χ1) is 14.1. The first-order valence-electron chi connectivity index (χ1n) is 11.3. The predicted molar refractivity (Wildman–Crippen MR) is 119 cm³/mol. The minimum absolute atomic E-state index is 0.161. The number of rotatable bonds is 10. The van der Waals surface area contributed by atoms with Crippen LogP contribution in [0.3, 0.4) is 0 Å². The fourth-order valence-corrected chi connectivity index (χ4v) is 4.27. The van der Waals surface area contributed by atoms with Gasteiger partial charge in [0.25, 0.3) is 0 Å². The van der Waals surface area contributed by atoms with Crippen LogP contribution in [0, 0.1) is 0 Å². The third-order valence-electron chi connectivity index (χ3n) is 6.09. The number of nitrogens with zero attached hydrogens (tertiary/aromatic N) is 3. The highest BCUT2D eigenvalue weighted by Crippen LogP contribution is 2.29. The summed E-state index contributed by atoms with van der Waals surface area (Å²) in [6.07, 6.45) is 6.71. The Kier molecular flexibility index (Phi) is 8.19. The lowest BCUT2D eigenvalue weighted by molar-refractivity contribution is 0.171. The minimum atomic E-state index is 0.161. The van der Waals surface area contributed by atoms with Crippen molar-refractivity contribution in [3.63, 3.8) is 0 Å². The van der Waals surface area contributed by atoms with E-state index in [9.17, 15) is 4.79 Å². The molecule has 0 aromatic heterocycles. The van der Waals surface area contributed by atoms with Crippen LogP contribution in [0.15, 0.2) is 24.3 Å². The monoisotopic (exact) mass is 402 g/mol. The van der Waals surface area contributed by atoms with Crippen molar-refractivity contribution in [3.05, 3.63) is 24.3 Å². The molecule has 29 heavy (non-hydrogen) atoms. The summed E-state index contributed by atoms with van der Waals surface area (Å²) in [5.41, 5.74) is 0.972. The van der Waals surface area contributed by atoms with Crippen molar-refractivity contribution in [1.29, 1.82) is 0 Å². The van der Waals surface area contributed by atoms with E-state index in [0.717, 1.165) is 82.7 Å². The molecule has 0 bridgehead atoms. The summed E-state index contributed by atoms with van der Waals surface area (Å²) in [7, 11) is 4.21. The normalized spacial score (nSPS) is 22.6. The molecule has 1 N–H and O–H groups in total. The number of urea groups is 1. The van der Waals surface area contributed by atoms with Gasteiger partial charge in [-0.2, -0.15) is 0 Å². The lowest BCUT2D eigenvalue weighted by Crippen LogP contribution is -2.45. The SMILES string of the molecule is CCCCOc1ccc(N2CCN(C3CCC(NCCN(C)C)CC3)C2=O)cc1. The maximum absolute atomic E-state index is 13.0. The maximum Gasteiger partial charge on any atom is 0.324 e. The topological polar surface area (TPSA) is 48.1 Å². The van der Waals surface area contributed by atoms with Crippen LogP contribution in [0.25, 0.3) is 0 Å².